The molecule has 0 radical (unpaired) electrons. The zero-order valence-corrected chi connectivity index (χ0v) is 15.2. The van der Waals surface area contributed by atoms with Crippen molar-refractivity contribution >= 4 is 17.3 Å². The first kappa shape index (κ1) is 16.3. The van der Waals surface area contributed by atoms with Gasteiger partial charge >= 0.3 is 0 Å². The fraction of sp³-hybridized carbons (Fsp3) is 0.588. The number of anilines is 1. The van der Waals surface area contributed by atoms with Gasteiger partial charge in [0.05, 0.1) is 16.7 Å². The predicted molar refractivity (Wildman–Crippen MR) is 94.9 cm³/mol. The van der Waals surface area contributed by atoms with Crippen molar-refractivity contribution in [2.75, 3.05) is 25.0 Å². The smallest absolute Gasteiger partial charge is 0.225 e. The van der Waals surface area contributed by atoms with Crippen LogP contribution in [0.25, 0.3) is 0 Å². The lowest BCUT2D eigenvalue weighted by atomic mass is 10.2. The van der Waals surface area contributed by atoms with Crippen LogP contribution in [0.4, 0.5) is 5.95 Å². The van der Waals surface area contributed by atoms with Gasteiger partial charge in [-0.3, -0.25) is 4.90 Å². The molecule has 1 aliphatic heterocycles. The van der Waals surface area contributed by atoms with Crippen LogP contribution < -0.4 is 4.90 Å². The molecular formula is C17H25N5S. The van der Waals surface area contributed by atoms with Gasteiger partial charge in [0.25, 0.3) is 0 Å². The predicted octanol–water partition coefficient (Wildman–Crippen LogP) is 3.34. The van der Waals surface area contributed by atoms with Crippen LogP contribution in [0.1, 0.15) is 46.9 Å². The minimum absolute atomic E-state index is 0.290. The molecule has 0 aromatic carbocycles. The van der Waals surface area contributed by atoms with E-state index in [2.05, 4.69) is 52.6 Å². The van der Waals surface area contributed by atoms with E-state index in [4.69, 9.17) is 0 Å². The zero-order chi connectivity index (χ0) is 16.4. The fourth-order valence-electron chi connectivity index (χ4n) is 3.08. The zero-order valence-electron chi connectivity index (χ0n) is 14.4. The molecule has 6 heteroatoms. The molecule has 0 bridgehead atoms. The molecule has 2 aromatic heterocycles. The lowest BCUT2D eigenvalue weighted by Crippen LogP contribution is -2.24. The SMILES string of the molecule is Cc1nc([C@H](C)N(C)Cc2cnc(N3CCCC3)nc2)c(C)s1. The van der Waals surface area contributed by atoms with E-state index in [-0.39, 0.29) is 0 Å². The molecule has 5 nitrogen and oxygen atoms in total. The van der Waals surface area contributed by atoms with Crippen LogP contribution in [0.3, 0.4) is 0 Å². The summed E-state index contributed by atoms with van der Waals surface area (Å²) >= 11 is 1.77. The summed E-state index contributed by atoms with van der Waals surface area (Å²) in [6.07, 6.45) is 6.42. The van der Waals surface area contributed by atoms with Crippen molar-refractivity contribution in [3.05, 3.63) is 33.5 Å². The average Bonchev–Trinajstić information content (AvgIpc) is 3.17. The van der Waals surface area contributed by atoms with Crippen LogP contribution in [0, 0.1) is 13.8 Å². The van der Waals surface area contributed by atoms with Gasteiger partial charge in [0.1, 0.15) is 0 Å². The normalized spacial score (nSPS) is 16.3. The molecule has 0 aliphatic carbocycles. The van der Waals surface area contributed by atoms with Gasteiger partial charge in [-0.05, 0) is 40.7 Å². The average molecular weight is 331 g/mol. The van der Waals surface area contributed by atoms with E-state index in [0.717, 1.165) is 36.2 Å². The maximum atomic E-state index is 4.68. The number of aromatic nitrogens is 3. The maximum Gasteiger partial charge on any atom is 0.225 e. The standard InChI is InChI=1S/C17H25N5S/c1-12(16-13(2)23-14(3)20-16)21(4)11-15-9-18-17(19-10-15)22-7-5-6-8-22/h9-10,12H,5-8,11H2,1-4H3/t12-/m0/s1. The maximum absolute atomic E-state index is 4.68. The second-order valence-electron chi connectivity index (χ2n) is 6.35. The van der Waals surface area contributed by atoms with Crippen LogP contribution in [-0.2, 0) is 6.54 Å². The number of hydrogen-bond acceptors (Lipinski definition) is 6. The van der Waals surface area contributed by atoms with Crippen molar-refractivity contribution in [3.63, 3.8) is 0 Å². The lowest BCUT2D eigenvalue weighted by Gasteiger charge is -2.24. The topological polar surface area (TPSA) is 45.2 Å². The van der Waals surface area contributed by atoms with Crippen LogP contribution in [0.5, 0.6) is 0 Å². The third-order valence-electron chi connectivity index (χ3n) is 4.51. The molecule has 0 N–H and O–H groups in total. The largest absolute Gasteiger partial charge is 0.341 e. The molecular weight excluding hydrogens is 306 g/mol. The Balaban J connectivity index is 1.65. The third kappa shape index (κ3) is 3.70. The second-order valence-corrected chi connectivity index (χ2v) is 7.76. The van der Waals surface area contributed by atoms with Crippen LogP contribution in [0.2, 0.25) is 0 Å². The van der Waals surface area contributed by atoms with Gasteiger partial charge in [-0.2, -0.15) is 0 Å². The summed E-state index contributed by atoms with van der Waals surface area (Å²) in [5.74, 6) is 0.868. The fourth-order valence-corrected chi connectivity index (χ4v) is 3.98. The molecule has 0 amide bonds. The monoisotopic (exact) mass is 331 g/mol. The molecule has 0 unspecified atom stereocenters. The Morgan fingerprint density at radius 1 is 1.22 bits per heavy atom. The summed E-state index contributed by atoms with van der Waals surface area (Å²) in [5.41, 5.74) is 2.33. The third-order valence-corrected chi connectivity index (χ3v) is 5.41. The Morgan fingerprint density at radius 3 is 2.43 bits per heavy atom. The van der Waals surface area contributed by atoms with Crippen molar-refractivity contribution < 1.29 is 0 Å². The molecule has 1 atom stereocenters. The van der Waals surface area contributed by atoms with Crippen molar-refractivity contribution in [1.82, 2.24) is 19.9 Å². The molecule has 1 saturated heterocycles. The number of nitrogens with zero attached hydrogens (tertiary/aromatic N) is 5. The number of aryl methyl sites for hydroxylation is 2. The molecule has 0 saturated carbocycles. The van der Waals surface area contributed by atoms with Crippen LogP contribution in [-0.4, -0.2) is 40.0 Å². The van der Waals surface area contributed by atoms with E-state index in [9.17, 15) is 0 Å². The quantitative estimate of drug-likeness (QED) is 0.841. The van der Waals surface area contributed by atoms with E-state index in [0.29, 0.717) is 6.04 Å². The van der Waals surface area contributed by atoms with Gasteiger partial charge in [0.2, 0.25) is 5.95 Å². The Morgan fingerprint density at radius 2 is 1.87 bits per heavy atom. The first-order chi connectivity index (χ1) is 11.0. The number of rotatable bonds is 5. The van der Waals surface area contributed by atoms with Crippen LogP contribution in [0.15, 0.2) is 12.4 Å². The van der Waals surface area contributed by atoms with Gasteiger partial charge < -0.3 is 4.90 Å². The molecule has 124 valence electrons. The Labute approximate surface area is 142 Å². The summed E-state index contributed by atoms with van der Waals surface area (Å²) < 4.78 is 0. The highest BCUT2D eigenvalue weighted by molar-refractivity contribution is 7.11. The van der Waals surface area contributed by atoms with E-state index in [1.807, 2.05) is 12.4 Å². The summed E-state index contributed by atoms with van der Waals surface area (Å²) in [6.45, 7) is 9.42. The second kappa shape index (κ2) is 6.93. The molecule has 3 rings (SSSR count). The highest BCUT2D eigenvalue weighted by Gasteiger charge is 2.19. The van der Waals surface area contributed by atoms with E-state index in [1.54, 1.807) is 11.3 Å². The molecule has 2 aromatic rings. The van der Waals surface area contributed by atoms with E-state index in [1.165, 1.54) is 23.4 Å². The highest BCUT2D eigenvalue weighted by Crippen LogP contribution is 2.27. The Kier molecular flexibility index (Phi) is 4.92. The van der Waals surface area contributed by atoms with Gasteiger partial charge in [-0.1, -0.05) is 0 Å². The summed E-state index contributed by atoms with van der Waals surface area (Å²) in [7, 11) is 2.13. The van der Waals surface area contributed by atoms with E-state index >= 15 is 0 Å². The number of hydrogen-bond donors (Lipinski definition) is 0. The van der Waals surface area contributed by atoms with Crippen LogP contribution >= 0.6 is 11.3 Å². The van der Waals surface area contributed by atoms with Crippen molar-refractivity contribution in [1.29, 1.82) is 0 Å². The van der Waals surface area contributed by atoms with Gasteiger partial charge in [-0.25, -0.2) is 15.0 Å². The first-order valence-electron chi connectivity index (χ1n) is 8.24. The van der Waals surface area contributed by atoms with E-state index < -0.39 is 0 Å². The Bertz CT molecular complexity index is 646. The molecule has 23 heavy (non-hydrogen) atoms. The highest BCUT2D eigenvalue weighted by atomic mass is 32.1. The van der Waals surface area contributed by atoms with Gasteiger partial charge in [0, 0.05) is 42.5 Å². The minimum atomic E-state index is 0.290. The van der Waals surface area contributed by atoms with Gasteiger partial charge in [0.15, 0.2) is 0 Å². The van der Waals surface area contributed by atoms with Crippen molar-refractivity contribution in [2.24, 2.45) is 0 Å². The first-order valence-corrected chi connectivity index (χ1v) is 9.06. The molecule has 0 spiro atoms. The Hall–Kier alpha value is -1.53. The minimum Gasteiger partial charge on any atom is -0.341 e. The van der Waals surface area contributed by atoms with Crippen molar-refractivity contribution in [2.45, 2.75) is 46.2 Å². The molecule has 3 heterocycles. The van der Waals surface area contributed by atoms with Crippen molar-refractivity contribution in [3.8, 4) is 0 Å². The molecule has 1 fully saturated rings. The van der Waals surface area contributed by atoms with Gasteiger partial charge in [-0.15, -0.1) is 11.3 Å². The lowest BCUT2D eigenvalue weighted by molar-refractivity contribution is 0.248. The number of thiazole rings is 1. The summed E-state index contributed by atoms with van der Waals surface area (Å²) in [4.78, 5) is 19.6. The summed E-state index contributed by atoms with van der Waals surface area (Å²) in [6, 6.07) is 0.290. The molecule has 1 aliphatic rings. The summed E-state index contributed by atoms with van der Waals surface area (Å²) in [5, 5.41) is 1.14.